The summed E-state index contributed by atoms with van der Waals surface area (Å²) >= 11 is 0. The number of amides is 2. The number of piperidine rings is 1. The van der Waals surface area contributed by atoms with Crippen molar-refractivity contribution in [3.05, 3.63) is 70.0 Å². The Morgan fingerprint density at radius 2 is 1.73 bits per heavy atom. The van der Waals surface area contributed by atoms with E-state index in [1.807, 2.05) is 0 Å². The summed E-state index contributed by atoms with van der Waals surface area (Å²) in [7, 11) is 0. The van der Waals surface area contributed by atoms with Crippen LogP contribution in [0.15, 0.2) is 36.4 Å². The van der Waals surface area contributed by atoms with Gasteiger partial charge >= 0.3 is 18.4 Å². The minimum atomic E-state index is -4.96. The number of hydrogen-bond donors (Lipinski definition) is 2. The number of hydrogen-bond acceptors (Lipinski definition) is 3. The fourth-order valence-electron chi connectivity index (χ4n) is 4.43. The number of carbonyl (C=O) groups is 1. The lowest BCUT2D eigenvalue weighted by atomic mass is 9.90. The highest BCUT2D eigenvalue weighted by Crippen LogP contribution is 2.37. The van der Waals surface area contributed by atoms with Crippen molar-refractivity contribution in [2.24, 2.45) is 0 Å². The zero-order valence-electron chi connectivity index (χ0n) is 19.9. The molecule has 12 heteroatoms. The predicted octanol–water partition coefficient (Wildman–Crippen LogP) is 5.64. The maximum atomic E-state index is 13.7. The Morgan fingerprint density at radius 3 is 2.30 bits per heavy atom. The monoisotopic (exact) mass is 536 g/mol. The number of nitrogens with zero attached hydrogens (tertiary/aromatic N) is 1. The van der Waals surface area contributed by atoms with Gasteiger partial charge in [-0.25, -0.2) is 9.18 Å². The molecule has 2 aromatic rings. The Morgan fingerprint density at radius 1 is 1.08 bits per heavy atom. The van der Waals surface area contributed by atoms with E-state index in [-0.39, 0.29) is 50.5 Å². The second-order valence-corrected chi connectivity index (χ2v) is 8.85. The normalized spacial score (nSPS) is 18.7. The quantitative estimate of drug-likeness (QED) is 0.451. The van der Waals surface area contributed by atoms with E-state index in [1.54, 1.807) is 13.0 Å². The largest absolute Gasteiger partial charge is 0.416 e. The van der Waals surface area contributed by atoms with Crippen molar-refractivity contribution in [1.29, 1.82) is 0 Å². The van der Waals surface area contributed by atoms with Crippen LogP contribution >= 0.6 is 0 Å². The van der Waals surface area contributed by atoms with Crippen LogP contribution in [-0.2, 0) is 23.5 Å². The number of likely N-dealkylation sites (tertiary alicyclic amines) is 1. The van der Waals surface area contributed by atoms with Crippen LogP contribution < -0.4 is 5.32 Å². The van der Waals surface area contributed by atoms with Crippen LogP contribution in [0.1, 0.15) is 46.7 Å². The van der Waals surface area contributed by atoms with Gasteiger partial charge in [-0.05, 0) is 73.2 Å². The van der Waals surface area contributed by atoms with Gasteiger partial charge in [0.2, 0.25) is 0 Å². The lowest BCUT2D eigenvalue weighted by molar-refractivity contribution is -0.143. The van der Waals surface area contributed by atoms with Gasteiger partial charge in [-0.1, -0.05) is 6.07 Å². The molecular weight excluding hydrogens is 509 g/mol. The first kappa shape index (κ1) is 28.7. The van der Waals surface area contributed by atoms with Crippen LogP contribution in [0.3, 0.4) is 0 Å². The van der Waals surface area contributed by atoms with Crippen LogP contribution in [0.25, 0.3) is 0 Å². The molecule has 0 saturated carbocycles. The fraction of sp³-hybridized carbons (Fsp3) is 0.480. The van der Waals surface area contributed by atoms with Gasteiger partial charge in [0.15, 0.2) is 0 Å². The maximum absolute atomic E-state index is 13.7. The molecule has 0 unspecified atom stereocenters. The molecule has 0 spiro atoms. The summed E-state index contributed by atoms with van der Waals surface area (Å²) in [5.41, 5.74) is -1.76. The predicted molar refractivity (Wildman–Crippen MR) is 120 cm³/mol. The number of nitrogens with one attached hydrogen (secondary N) is 1. The zero-order chi connectivity index (χ0) is 27.4. The first-order chi connectivity index (χ1) is 17.3. The Bertz CT molecular complexity index is 1060. The molecule has 1 fully saturated rings. The summed E-state index contributed by atoms with van der Waals surface area (Å²) in [6, 6.07) is 4.41. The number of aliphatic hydroxyl groups is 1. The van der Waals surface area contributed by atoms with Crippen LogP contribution in [-0.4, -0.2) is 48.4 Å². The minimum absolute atomic E-state index is 0.0563. The van der Waals surface area contributed by atoms with E-state index in [9.17, 15) is 35.5 Å². The third kappa shape index (κ3) is 7.57. The van der Waals surface area contributed by atoms with Crippen molar-refractivity contribution in [1.82, 2.24) is 10.2 Å². The third-order valence-electron chi connectivity index (χ3n) is 6.19. The number of benzene rings is 2. The third-order valence-corrected chi connectivity index (χ3v) is 6.19. The standard InChI is InChI=1S/C25H27F7N2O3/c1-15-10-19(26)2-3-21(15)22-14-20(37-9-8-35)5-7-34(22)23(36)33-6-4-16-11-17(24(27,28)29)13-18(12-16)25(30,31)32/h2-3,10-13,20,22,35H,4-9,14H2,1H3,(H,33,36)/t20-,22+/m0/s1. The Labute approximate surface area is 209 Å². The van der Waals surface area contributed by atoms with E-state index in [1.165, 1.54) is 17.0 Å². The van der Waals surface area contributed by atoms with Crippen LogP contribution in [0.4, 0.5) is 35.5 Å². The van der Waals surface area contributed by atoms with E-state index < -0.39 is 41.4 Å². The van der Waals surface area contributed by atoms with Crippen LogP contribution in [0.5, 0.6) is 0 Å². The summed E-state index contributed by atoms with van der Waals surface area (Å²) in [4.78, 5) is 14.5. The van der Waals surface area contributed by atoms with Crippen molar-refractivity contribution in [2.75, 3.05) is 26.3 Å². The van der Waals surface area contributed by atoms with Gasteiger partial charge in [0, 0.05) is 13.1 Å². The number of urea groups is 1. The average Bonchev–Trinajstić information content (AvgIpc) is 2.81. The summed E-state index contributed by atoms with van der Waals surface area (Å²) in [5, 5.41) is 11.6. The topological polar surface area (TPSA) is 61.8 Å². The molecule has 0 aliphatic carbocycles. The number of ether oxygens (including phenoxy) is 1. The Hall–Kier alpha value is -2.86. The van der Waals surface area contributed by atoms with Crippen LogP contribution in [0.2, 0.25) is 0 Å². The minimum Gasteiger partial charge on any atom is -0.394 e. The molecular formula is C25H27F7N2O3. The summed E-state index contributed by atoms with van der Waals surface area (Å²) < 4.78 is 97.9. The van der Waals surface area contributed by atoms with Gasteiger partial charge in [0.1, 0.15) is 5.82 Å². The number of rotatable bonds is 7. The van der Waals surface area contributed by atoms with Gasteiger partial charge < -0.3 is 20.1 Å². The van der Waals surface area contributed by atoms with Crippen molar-refractivity contribution >= 4 is 6.03 Å². The number of alkyl halides is 6. The molecule has 1 heterocycles. The first-order valence-electron chi connectivity index (χ1n) is 11.6. The lowest BCUT2D eigenvalue weighted by Gasteiger charge is -2.40. The molecule has 2 aromatic carbocycles. The summed E-state index contributed by atoms with van der Waals surface area (Å²) in [6.07, 6.45) is -9.62. The molecule has 2 N–H and O–H groups in total. The number of aliphatic hydroxyl groups excluding tert-OH is 1. The number of halogens is 7. The molecule has 1 saturated heterocycles. The molecule has 2 amide bonds. The summed E-state index contributed by atoms with van der Waals surface area (Å²) in [6.45, 7) is 1.67. The fourth-order valence-corrected chi connectivity index (χ4v) is 4.43. The molecule has 2 atom stereocenters. The molecule has 1 aliphatic heterocycles. The molecule has 5 nitrogen and oxygen atoms in total. The van der Waals surface area contributed by atoms with Gasteiger partial charge in [-0.2, -0.15) is 26.3 Å². The van der Waals surface area contributed by atoms with Crippen LogP contribution in [0, 0.1) is 12.7 Å². The molecule has 0 aromatic heterocycles. The van der Waals surface area contributed by atoms with Crippen molar-refractivity contribution < 1.29 is 45.4 Å². The van der Waals surface area contributed by atoms with Crippen molar-refractivity contribution in [3.63, 3.8) is 0 Å². The van der Waals surface area contributed by atoms with E-state index in [2.05, 4.69) is 5.32 Å². The van der Waals surface area contributed by atoms with E-state index >= 15 is 0 Å². The second kappa shape index (κ2) is 11.7. The zero-order valence-corrected chi connectivity index (χ0v) is 19.9. The molecule has 0 bridgehead atoms. The van der Waals surface area contributed by atoms with Gasteiger partial charge in [0.05, 0.1) is 36.5 Å². The Kier molecular flexibility index (Phi) is 9.06. The average molecular weight is 536 g/mol. The maximum Gasteiger partial charge on any atom is 0.416 e. The van der Waals surface area contributed by atoms with E-state index in [4.69, 9.17) is 9.84 Å². The molecule has 0 radical (unpaired) electrons. The second-order valence-electron chi connectivity index (χ2n) is 8.85. The number of aryl methyl sites for hydroxylation is 1. The molecule has 3 rings (SSSR count). The SMILES string of the molecule is Cc1cc(F)ccc1[C@H]1C[C@@H](OCCO)CCN1C(=O)NCCc1cc(C(F)(F)F)cc(C(F)(F)F)c1. The summed E-state index contributed by atoms with van der Waals surface area (Å²) in [5.74, 6) is -0.444. The lowest BCUT2D eigenvalue weighted by Crippen LogP contribution is -2.48. The number of carbonyl (C=O) groups excluding carboxylic acids is 1. The van der Waals surface area contributed by atoms with E-state index in [0.717, 1.165) is 0 Å². The highest BCUT2D eigenvalue weighted by Gasteiger charge is 2.37. The first-order valence-corrected chi connectivity index (χ1v) is 11.6. The molecule has 1 aliphatic rings. The van der Waals surface area contributed by atoms with E-state index in [0.29, 0.717) is 36.1 Å². The smallest absolute Gasteiger partial charge is 0.394 e. The highest BCUT2D eigenvalue weighted by atomic mass is 19.4. The molecule has 204 valence electrons. The Balaban J connectivity index is 1.74. The molecule has 37 heavy (non-hydrogen) atoms. The van der Waals surface area contributed by atoms with Crippen molar-refractivity contribution in [3.8, 4) is 0 Å². The van der Waals surface area contributed by atoms with Gasteiger partial charge in [-0.3, -0.25) is 0 Å². The van der Waals surface area contributed by atoms with Crippen molar-refractivity contribution in [2.45, 2.75) is 50.7 Å². The van der Waals surface area contributed by atoms with Gasteiger partial charge in [-0.15, -0.1) is 0 Å². The van der Waals surface area contributed by atoms with Gasteiger partial charge in [0.25, 0.3) is 0 Å². The highest BCUT2D eigenvalue weighted by molar-refractivity contribution is 5.75.